The molecule has 3 aromatic rings. The van der Waals surface area contributed by atoms with Crippen molar-refractivity contribution < 1.29 is 14.3 Å². The summed E-state index contributed by atoms with van der Waals surface area (Å²) in [5.41, 5.74) is 2.08. The van der Waals surface area contributed by atoms with E-state index in [-0.39, 0.29) is 5.91 Å². The Bertz CT molecular complexity index is 1040. The predicted molar refractivity (Wildman–Crippen MR) is 116 cm³/mol. The summed E-state index contributed by atoms with van der Waals surface area (Å²) in [4.78, 5) is 29.7. The van der Waals surface area contributed by atoms with Crippen LogP contribution in [-0.2, 0) is 16.6 Å². The third-order valence-electron chi connectivity index (χ3n) is 4.63. The van der Waals surface area contributed by atoms with Gasteiger partial charge in [-0.25, -0.2) is 9.78 Å². The fourth-order valence-corrected chi connectivity index (χ4v) is 3.18. The summed E-state index contributed by atoms with van der Waals surface area (Å²) < 4.78 is 7.22. The number of nitrogens with zero attached hydrogens (tertiary/aromatic N) is 2. The predicted octanol–water partition coefficient (Wildman–Crippen LogP) is 3.69. The van der Waals surface area contributed by atoms with Crippen LogP contribution < -0.4 is 10.6 Å². The molecule has 2 N–H and O–H groups in total. The number of hydrogen-bond donors (Lipinski definition) is 2. The van der Waals surface area contributed by atoms with Gasteiger partial charge in [-0.1, -0.05) is 42.5 Å². The van der Waals surface area contributed by atoms with Crippen molar-refractivity contribution >= 4 is 23.0 Å². The third-order valence-corrected chi connectivity index (χ3v) is 4.63. The lowest BCUT2D eigenvalue weighted by Gasteiger charge is -2.24. The van der Waals surface area contributed by atoms with Gasteiger partial charge in [0.25, 0.3) is 0 Å². The van der Waals surface area contributed by atoms with Crippen molar-refractivity contribution in [1.29, 1.82) is 0 Å². The number of hydrogen-bond acceptors (Lipinski definition) is 4. The van der Waals surface area contributed by atoms with Crippen molar-refractivity contribution in [2.24, 2.45) is 7.05 Å². The summed E-state index contributed by atoms with van der Waals surface area (Å²) in [6, 6.07) is 16.2. The Morgan fingerprint density at radius 1 is 1.00 bits per heavy atom. The lowest BCUT2D eigenvalue weighted by Crippen LogP contribution is -2.47. The molecule has 2 aromatic carbocycles. The van der Waals surface area contributed by atoms with Crippen molar-refractivity contribution in [3.05, 3.63) is 66.0 Å². The van der Waals surface area contributed by atoms with Gasteiger partial charge in [0.05, 0.1) is 11.0 Å². The Balaban J connectivity index is 1.86. The molecule has 7 heteroatoms. The van der Waals surface area contributed by atoms with Gasteiger partial charge >= 0.3 is 6.09 Å². The van der Waals surface area contributed by atoms with Crippen LogP contribution in [0.15, 0.2) is 54.6 Å². The molecule has 0 spiro atoms. The minimum absolute atomic E-state index is 0.332. The van der Waals surface area contributed by atoms with Gasteiger partial charge in [-0.15, -0.1) is 0 Å². The number of amides is 2. The number of fused-ring (bicyclic) bond motifs is 1. The Labute approximate surface area is 176 Å². The van der Waals surface area contributed by atoms with Crippen LogP contribution in [0.1, 0.15) is 45.1 Å². The van der Waals surface area contributed by atoms with Gasteiger partial charge in [0.15, 0.2) is 0 Å². The van der Waals surface area contributed by atoms with Gasteiger partial charge in [0.1, 0.15) is 23.5 Å². The fraction of sp³-hybridized carbons (Fsp3) is 0.348. The summed E-state index contributed by atoms with van der Waals surface area (Å²) in [5, 5.41) is 5.61. The molecule has 0 aliphatic heterocycles. The minimum atomic E-state index is -0.777. The van der Waals surface area contributed by atoms with Crippen molar-refractivity contribution in [2.75, 3.05) is 0 Å². The van der Waals surface area contributed by atoms with E-state index in [2.05, 4.69) is 10.6 Å². The van der Waals surface area contributed by atoms with E-state index >= 15 is 0 Å². The van der Waals surface area contributed by atoms with Crippen LogP contribution in [0.5, 0.6) is 0 Å². The number of carbonyl (C=O) groups excluding carboxylic acids is 2. The summed E-state index contributed by atoms with van der Waals surface area (Å²) in [7, 11) is 1.93. The molecule has 0 aliphatic rings. The maximum atomic E-state index is 12.9. The molecule has 0 saturated carbocycles. The van der Waals surface area contributed by atoms with E-state index in [0.717, 1.165) is 16.6 Å². The number of alkyl carbamates (subject to hydrolysis) is 1. The molecule has 0 saturated heterocycles. The minimum Gasteiger partial charge on any atom is -0.444 e. The number of para-hydroxylation sites is 2. The highest BCUT2D eigenvalue weighted by Crippen LogP contribution is 2.25. The number of imidazole rings is 1. The van der Waals surface area contributed by atoms with Gasteiger partial charge in [0.2, 0.25) is 5.91 Å². The van der Waals surface area contributed by atoms with E-state index < -0.39 is 23.8 Å². The van der Waals surface area contributed by atoms with Gasteiger partial charge in [-0.3, -0.25) is 4.79 Å². The zero-order valence-corrected chi connectivity index (χ0v) is 18.0. The van der Waals surface area contributed by atoms with Gasteiger partial charge < -0.3 is 19.9 Å². The van der Waals surface area contributed by atoms with E-state index in [4.69, 9.17) is 9.72 Å². The second-order valence-electron chi connectivity index (χ2n) is 8.24. The maximum Gasteiger partial charge on any atom is 0.408 e. The highest BCUT2D eigenvalue weighted by atomic mass is 16.6. The topological polar surface area (TPSA) is 85.2 Å². The first-order valence-electron chi connectivity index (χ1n) is 9.92. The standard InChI is InChI=1S/C23H28N4O3/c1-15(24-22(29)30-23(2,3)4)21(28)26-19(16-11-7-6-8-12-16)20-25-17-13-9-10-14-18(17)27(20)5/h6-15,19H,1-5H3,(H,24,29)(H,26,28). The molecule has 0 radical (unpaired) electrons. The molecule has 2 amide bonds. The van der Waals surface area contributed by atoms with E-state index in [0.29, 0.717) is 5.82 Å². The first-order chi connectivity index (χ1) is 14.2. The average molecular weight is 409 g/mol. The molecule has 0 fully saturated rings. The molecule has 2 atom stereocenters. The van der Waals surface area contributed by atoms with Crippen LogP contribution >= 0.6 is 0 Å². The summed E-state index contributed by atoms with van der Waals surface area (Å²) in [6.45, 7) is 6.94. The second-order valence-corrected chi connectivity index (χ2v) is 8.24. The highest BCUT2D eigenvalue weighted by Gasteiger charge is 2.26. The molecular formula is C23H28N4O3. The fourth-order valence-electron chi connectivity index (χ4n) is 3.18. The zero-order valence-electron chi connectivity index (χ0n) is 18.0. The van der Waals surface area contributed by atoms with Crippen LogP contribution in [-0.4, -0.2) is 33.2 Å². The van der Waals surface area contributed by atoms with Crippen molar-refractivity contribution in [3.63, 3.8) is 0 Å². The largest absolute Gasteiger partial charge is 0.444 e. The van der Waals surface area contributed by atoms with Gasteiger partial charge in [-0.05, 0) is 45.4 Å². The lowest BCUT2D eigenvalue weighted by atomic mass is 10.1. The van der Waals surface area contributed by atoms with Crippen LogP contribution in [0.3, 0.4) is 0 Å². The molecule has 0 aliphatic carbocycles. The van der Waals surface area contributed by atoms with Crippen LogP contribution in [0, 0.1) is 0 Å². The second kappa shape index (κ2) is 8.57. The van der Waals surface area contributed by atoms with Crippen LogP contribution in [0.25, 0.3) is 11.0 Å². The molecule has 3 rings (SSSR count). The monoisotopic (exact) mass is 408 g/mol. The SMILES string of the molecule is CC(NC(=O)OC(C)(C)C)C(=O)NC(c1ccccc1)c1nc2ccccc2n1C. The van der Waals surface area contributed by atoms with Crippen molar-refractivity contribution in [3.8, 4) is 0 Å². The van der Waals surface area contributed by atoms with E-state index in [1.807, 2.05) is 66.2 Å². The molecule has 2 unspecified atom stereocenters. The quantitative estimate of drug-likeness (QED) is 0.674. The molecule has 1 heterocycles. The number of aryl methyl sites for hydroxylation is 1. The molecule has 0 bridgehead atoms. The summed E-state index contributed by atoms with van der Waals surface area (Å²) >= 11 is 0. The molecule has 158 valence electrons. The molecular weight excluding hydrogens is 380 g/mol. The van der Waals surface area contributed by atoms with Crippen molar-refractivity contribution in [2.45, 2.75) is 45.4 Å². The van der Waals surface area contributed by atoms with Crippen LogP contribution in [0.2, 0.25) is 0 Å². The Hall–Kier alpha value is -3.35. The first kappa shape index (κ1) is 21.4. The van der Waals surface area contributed by atoms with E-state index in [1.54, 1.807) is 27.7 Å². The van der Waals surface area contributed by atoms with E-state index in [1.165, 1.54) is 0 Å². The first-order valence-corrected chi connectivity index (χ1v) is 9.92. The van der Waals surface area contributed by atoms with Gasteiger partial charge in [-0.2, -0.15) is 0 Å². The number of aromatic nitrogens is 2. The molecule has 30 heavy (non-hydrogen) atoms. The Morgan fingerprint density at radius 2 is 1.63 bits per heavy atom. The van der Waals surface area contributed by atoms with Gasteiger partial charge in [0, 0.05) is 7.05 Å². The number of nitrogens with one attached hydrogen (secondary N) is 2. The Morgan fingerprint density at radius 3 is 2.27 bits per heavy atom. The van der Waals surface area contributed by atoms with Crippen LogP contribution in [0.4, 0.5) is 4.79 Å². The molecule has 7 nitrogen and oxygen atoms in total. The molecule has 1 aromatic heterocycles. The Kier molecular flexibility index (Phi) is 6.10. The summed E-state index contributed by atoms with van der Waals surface area (Å²) in [5.74, 6) is 0.377. The highest BCUT2D eigenvalue weighted by molar-refractivity contribution is 5.86. The smallest absolute Gasteiger partial charge is 0.408 e. The average Bonchev–Trinajstić information content (AvgIpc) is 3.01. The van der Waals surface area contributed by atoms with E-state index in [9.17, 15) is 9.59 Å². The van der Waals surface area contributed by atoms with Crippen molar-refractivity contribution in [1.82, 2.24) is 20.2 Å². The third kappa shape index (κ3) is 4.97. The number of rotatable bonds is 5. The maximum absolute atomic E-state index is 12.9. The normalized spacial score (nSPS) is 13.5. The zero-order chi connectivity index (χ0) is 21.9. The lowest BCUT2D eigenvalue weighted by molar-refractivity contribution is -0.123. The number of ether oxygens (including phenoxy) is 1. The summed E-state index contributed by atoms with van der Waals surface area (Å²) in [6.07, 6.45) is -0.635. The number of benzene rings is 2. The number of carbonyl (C=O) groups is 2.